The quantitative estimate of drug-likeness (QED) is 0.849. The Morgan fingerprint density at radius 2 is 1.77 bits per heavy atom. The van der Waals surface area contributed by atoms with Gasteiger partial charge in [-0.15, -0.1) is 0 Å². The van der Waals surface area contributed by atoms with Crippen LogP contribution in [0, 0.1) is 0 Å². The summed E-state index contributed by atoms with van der Waals surface area (Å²) in [6, 6.07) is 2.14. The Bertz CT molecular complexity index is 543. The van der Waals surface area contributed by atoms with Gasteiger partial charge in [-0.05, 0) is 63.5 Å². The van der Waals surface area contributed by atoms with E-state index in [1.165, 1.54) is 29.9 Å². The summed E-state index contributed by atoms with van der Waals surface area (Å²) in [5.74, 6) is 3.53. The summed E-state index contributed by atoms with van der Waals surface area (Å²) >= 11 is 2.03. The standard InChI is InChI=1S/C16H25BN2O2S/c1-15(2)16(3,4)21-17(20-15)13-9-12(10-19-14(13)18)11-5-7-22-8-6-11/h9-11H,5-8H2,1-4H3,(H2,18,19). The first-order valence-corrected chi connectivity index (χ1v) is 9.14. The molecule has 120 valence electrons. The summed E-state index contributed by atoms with van der Waals surface area (Å²) in [7, 11) is -0.435. The third-order valence-electron chi connectivity index (χ3n) is 5.17. The van der Waals surface area contributed by atoms with E-state index < -0.39 is 7.12 Å². The molecule has 2 N–H and O–H groups in total. The normalized spacial score (nSPS) is 24.6. The van der Waals surface area contributed by atoms with Gasteiger partial charge in [0.1, 0.15) is 5.82 Å². The second-order valence-corrected chi connectivity index (χ2v) is 8.44. The lowest BCUT2D eigenvalue weighted by molar-refractivity contribution is 0.00578. The van der Waals surface area contributed by atoms with Gasteiger partial charge in [-0.2, -0.15) is 11.8 Å². The van der Waals surface area contributed by atoms with Crippen molar-refractivity contribution in [2.75, 3.05) is 17.2 Å². The number of anilines is 1. The summed E-state index contributed by atoms with van der Waals surface area (Å²) in [6.07, 6.45) is 4.34. The van der Waals surface area contributed by atoms with Crippen LogP contribution in [-0.2, 0) is 9.31 Å². The molecule has 3 heterocycles. The molecule has 22 heavy (non-hydrogen) atoms. The summed E-state index contributed by atoms with van der Waals surface area (Å²) in [4.78, 5) is 4.41. The number of aromatic nitrogens is 1. The lowest BCUT2D eigenvalue weighted by Crippen LogP contribution is -2.41. The van der Waals surface area contributed by atoms with E-state index in [0.717, 1.165) is 5.46 Å². The number of thioether (sulfide) groups is 1. The van der Waals surface area contributed by atoms with E-state index in [-0.39, 0.29) is 11.2 Å². The van der Waals surface area contributed by atoms with Crippen LogP contribution >= 0.6 is 11.8 Å². The predicted molar refractivity (Wildman–Crippen MR) is 93.7 cm³/mol. The molecule has 0 aromatic carbocycles. The maximum Gasteiger partial charge on any atom is 0.498 e. The zero-order chi connectivity index (χ0) is 16.0. The lowest BCUT2D eigenvalue weighted by Gasteiger charge is -2.32. The molecule has 2 aliphatic heterocycles. The first-order valence-electron chi connectivity index (χ1n) is 7.99. The predicted octanol–water partition coefficient (Wildman–Crippen LogP) is 2.57. The molecule has 0 unspecified atom stereocenters. The Morgan fingerprint density at radius 3 is 2.36 bits per heavy atom. The highest BCUT2D eigenvalue weighted by atomic mass is 32.2. The molecule has 2 saturated heterocycles. The Balaban J connectivity index is 1.88. The van der Waals surface area contributed by atoms with Crippen LogP contribution in [0.2, 0.25) is 0 Å². The number of hydrogen-bond donors (Lipinski definition) is 1. The van der Waals surface area contributed by atoms with Crippen LogP contribution in [0.25, 0.3) is 0 Å². The summed E-state index contributed by atoms with van der Waals surface area (Å²) < 4.78 is 12.3. The van der Waals surface area contributed by atoms with E-state index in [2.05, 4.69) is 38.7 Å². The van der Waals surface area contributed by atoms with Gasteiger partial charge >= 0.3 is 7.12 Å². The minimum Gasteiger partial charge on any atom is -0.399 e. The number of nitrogens with zero attached hydrogens (tertiary/aromatic N) is 1. The zero-order valence-electron chi connectivity index (χ0n) is 13.9. The van der Waals surface area contributed by atoms with Crippen LogP contribution in [0.5, 0.6) is 0 Å². The van der Waals surface area contributed by atoms with Crippen molar-refractivity contribution in [1.82, 2.24) is 4.98 Å². The molecule has 2 aliphatic rings. The Labute approximate surface area is 137 Å². The molecule has 0 atom stereocenters. The maximum atomic E-state index is 6.13. The highest BCUT2D eigenvalue weighted by Gasteiger charge is 2.52. The van der Waals surface area contributed by atoms with Gasteiger partial charge in [-0.25, -0.2) is 4.98 Å². The molecule has 0 saturated carbocycles. The summed E-state index contributed by atoms with van der Waals surface area (Å²) in [6.45, 7) is 8.22. The summed E-state index contributed by atoms with van der Waals surface area (Å²) in [5, 5.41) is 0. The van der Waals surface area contributed by atoms with E-state index in [1.807, 2.05) is 18.0 Å². The Kier molecular flexibility index (Phi) is 4.21. The van der Waals surface area contributed by atoms with Crippen LogP contribution < -0.4 is 11.2 Å². The number of nitrogen functional groups attached to an aromatic ring is 1. The topological polar surface area (TPSA) is 57.4 Å². The monoisotopic (exact) mass is 320 g/mol. The fourth-order valence-electron chi connectivity index (χ4n) is 2.92. The zero-order valence-corrected chi connectivity index (χ0v) is 14.7. The van der Waals surface area contributed by atoms with Crippen molar-refractivity contribution in [3.63, 3.8) is 0 Å². The number of rotatable bonds is 2. The molecule has 4 nitrogen and oxygen atoms in total. The fraction of sp³-hybridized carbons (Fsp3) is 0.688. The van der Waals surface area contributed by atoms with Crippen LogP contribution in [-0.4, -0.2) is 34.8 Å². The number of hydrogen-bond acceptors (Lipinski definition) is 5. The van der Waals surface area contributed by atoms with Crippen molar-refractivity contribution in [2.45, 2.75) is 57.7 Å². The molecular formula is C16H25BN2O2S. The highest BCUT2D eigenvalue weighted by Crippen LogP contribution is 2.37. The van der Waals surface area contributed by atoms with Gasteiger partial charge in [-0.1, -0.05) is 6.07 Å². The maximum absolute atomic E-state index is 6.13. The van der Waals surface area contributed by atoms with Crippen molar-refractivity contribution in [3.8, 4) is 0 Å². The molecule has 3 rings (SSSR count). The van der Waals surface area contributed by atoms with Gasteiger partial charge in [0.15, 0.2) is 0 Å². The largest absolute Gasteiger partial charge is 0.498 e. The average molecular weight is 320 g/mol. The first kappa shape index (κ1) is 16.2. The Hall–Kier alpha value is -0.715. The van der Waals surface area contributed by atoms with Crippen molar-refractivity contribution < 1.29 is 9.31 Å². The molecular weight excluding hydrogens is 295 g/mol. The minimum atomic E-state index is -0.435. The average Bonchev–Trinajstić information content (AvgIpc) is 2.69. The van der Waals surface area contributed by atoms with Gasteiger partial charge in [0.2, 0.25) is 0 Å². The molecule has 1 aromatic heterocycles. The third-order valence-corrected chi connectivity index (χ3v) is 6.22. The van der Waals surface area contributed by atoms with Gasteiger partial charge in [0.25, 0.3) is 0 Å². The van der Waals surface area contributed by atoms with Gasteiger partial charge in [0, 0.05) is 11.7 Å². The third kappa shape index (κ3) is 2.88. The molecule has 0 bridgehead atoms. The van der Waals surface area contributed by atoms with Crippen LogP contribution in [0.1, 0.15) is 52.0 Å². The smallest absolute Gasteiger partial charge is 0.399 e. The first-order chi connectivity index (χ1) is 10.3. The van der Waals surface area contributed by atoms with Crippen molar-refractivity contribution in [2.24, 2.45) is 0 Å². The molecule has 0 spiro atoms. The van der Waals surface area contributed by atoms with E-state index >= 15 is 0 Å². The van der Waals surface area contributed by atoms with Gasteiger partial charge in [-0.3, -0.25) is 0 Å². The molecule has 0 radical (unpaired) electrons. The SMILES string of the molecule is CC1(C)OB(c2cc(C3CCSCC3)cnc2N)OC1(C)C. The highest BCUT2D eigenvalue weighted by molar-refractivity contribution is 7.99. The van der Waals surface area contributed by atoms with Crippen molar-refractivity contribution in [3.05, 3.63) is 17.8 Å². The van der Waals surface area contributed by atoms with E-state index in [4.69, 9.17) is 15.0 Å². The Morgan fingerprint density at radius 1 is 1.18 bits per heavy atom. The van der Waals surface area contributed by atoms with E-state index in [0.29, 0.717) is 11.7 Å². The molecule has 2 fully saturated rings. The second-order valence-electron chi connectivity index (χ2n) is 7.22. The van der Waals surface area contributed by atoms with Crippen LogP contribution in [0.3, 0.4) is 0 Å². The van der Waals surface area contributed by atoms with Crippen molar-refractivity contribution in [1.29, 1.82) is 0 Å². The van der Waals surface area contributed by atoms with Crippen LogP contribution in [0.15, 0.2) is 12.3 Å². The lowest BCUT2D eigenvalue weighted by atomic mass is 9.77. The van der Waals surface area contributed by atoms with Crippen molar-refractivity contribution >= 4 is 30.2 Å². The molecule has 6 heteroatoms. The fourth-order valence-corrected chi connectivity index (χ4v) is 4.03. The summed E-state index contributed by atoms with van der Waals surface area (Å²) in [5.41, 5.74) is 7.51. The minimum absolute atomic E-state index is 0.360. The van der Waals surface area contributed by atoms with Gasteiger partial charge in [0.05, 0.1) is 11.2 Å². The second kappa shape index (κ2) is 5.73. The molecule has 0 aliphatic carbocycles. The molecule has 0 amide bonds. The van der Waals surface area contributed by atoms with E-state index in [9.17, 15) is 0 Å². The number of nitrogens with two attached hydrogens (primary N) is 1. The molecule has 1 aromatic rings. The van der Waals surface area contributed by atoms with E-state index in [1.54, 1.807) is 0 Å². The number of pyridine rings is 1. The van der Waals surface area contributed by atoms with Gasteiger partial charge < -0.3 is 15.0 Å². The van der Waals surface area contributed by atoms with Crippen LogP contribution in [0.4, 0.5) is 5.82 Å².